The zero-order valence-electron chi connectivity index (χ0n) is 16.0. The molecule has 1 amide bonds. The summed E-state index contributed by atoms with van der Waals surface area (Å²) in [6.45, 7) is 2.56. The Bertz CT molecular complexity index is 1100. The molecule has 1 aliphatic heterocycles. The van der Waals surface area contributed by atoms with Crippen LogP contribution in [0.4, 0.5) is 5.69 Å². The molecule has 8 heteroatoms. The number of thiophene rings is 2. The number of hydrogen-bond acceptors (Lipinski definition) is 5. The van der Waals surface area contributed by atoms with E-state index in [1.807, 2.05) is 54.8 Å². The second kappa shape index (κ2) is 8.39. The molecule has 5 nitrogen and oxygen atoms in total. The van der Waals surface area contributed by atoms with Gasteiger partial charge in [-0.05, 0) is 49.4 Å². The van der Waals surface area contributed by atoms with Crippen molar-refractivity contribution in [1.82, 2.24) is 4.31 Å². The summed E-state index contributed by atoms with van der Waals surface area (Å²) in [7, 11) is -3.55. The number of carbonyl (C=O) groups is 1. The Labute approximate surface area is 179 Å². The van der Waals surface area contributed by atoms with Gasteiger partial charge in [0.1, 0.15) is 4.21 Å². The van der Waals surface area contributed by atoms with Crippen LogP contribution in [0.5, 0.6) is 0 Å². The van der Waals surface area contributed by atoms with Crippen LogP contribution >= 0.6 is 22.7 Å². The molecule has 1 aliphatic rings. The lowest BCUT2D eigenvalue weighted by molar-refractivity contribution is -0.120. The Kier molecular flexibility index (Phi) is 5.87. The van der Waals surface area contributed by atoms with Crippen molar-refractivity contribution in [2.75, 3.05) is 18.4 Å². The van der Waals surface area contributed by atoms with E-state index in [2.05, 4.69) is 5.32 Å². The average Bonchev–Trinajstić information content (AvgIpc) is 3.41. The van der Waals surface area contributed by atoms with Gasteiger partial charge in [-0.2, -0.15) is 4.31 Å². The first-order valence-corrected chi connectivity index (χ1v) is 12.6. The molecule has 0 saturated carbocycles. The molecule has 1 atom stereocenters. The van der Waals surface area contributed by atoms with Crippen molar-refractivity contribution < 1.29 is 13.2 Å². The molecule has 2 aromatic heterocycles. The SMILES string of the molecule is Cc1ccc(S(=O)(=O)N2CCCC(C(=O)Nc3ccccc3-c3cccs3)C2)s1. The maximum atomic E-state index is 13.0. The quantitative estimate of drug-likeness (QED) is 0.611. The van der Waals surface area contributed by atoms with Gasteiger partial charge in [0.25, 0.3) is 10.0 Å². The van der Waals surface area contributed by atoms with E-state index in [0.717, 1.165) is 21.0 Å². The fourth-order valence-corrected chi connectivity index (χ4v) is 7.25. The van der Waals surface area contributed by atoms with Crippen molar-refractivity contribution in [2.24, 2.45) is 5.92 Å². The number of aryl methyl sites for hydroxylation is 1. The molecule has 3 aromatic rings. The van der Waals surface area contributed by atoms with Crippen molar-refractivity contribution in [3.05, 3.63) is 58.8 Å². The monoisotopic (exact) mass is 446 g/mol. The number of nitrogens with one attached hydrogen (secondary N) is 1. The summed E-state index contributed by atoms with van der Waals surface area (Å²) < 4.78 is 27.7. The molecule has 0 spiro atoms. The number of para-hydroxylation sites is 1. The Morgan fingerprint density at radius 2 is 1.97 bits per heavy atom. The van der Waals surface area contributed by atoms with Gasteiger partial charge in [0, 0.05) is 34.1 Å². The van der Waals surface area contributed by atoms with Gasteiger partial charge < -0.3 is 5.32 Å². The molecule has 1 saturated heterocycles. The molecular weight excluding hydrogens is 424 g/mol. The molecule has 0 radical (unpaired) electrons. The molecule has 1 fully saturated rings. The number of anilines is 1. The molecule has 4 rings (SSSR count). The predicted molar refractivity (Wildman–Crippen MR) is 119 cm³/mol. The number of sulfonamides is 1. The first-order chi connectivity index (χ1) is 13.9. The summed E-state index contributed by atoms with van der Waals surface area (Å²) in [6.07, 6.45) is 1.36. The van der Waals surface area contributed by atoms with E-state index >= 15 is 0 Å². The van der Waals surface area contributed by atoms with Gasteiger partial charge in [-0.1, -0.05) is 24.3 Å². The van der Waals surface area contributed by atoms with Gasteiger partial charge >= 0.3 is 0 Å². The number of piperidine rings is 1. The largest absolute Gasteiger partial charge is 0.325 e. The molecule has 0 aliphatic carbocycles. The summed E-state index contributed by atoms with van der Waals surface area (Å²) in [5, 5.41) is 5.04. The third-order valence-electron chi connectivity index (χ3n) is 5.04. The highest BCUT2D eigenvalue weighted by atomic mass is 32.2. The van der Waals surface area contributed by atoms with Crippen molar-refractivity contribution >= 4 is 44.3 Å². The minimum Gasteiger partial charge on any atom is -0.325 e. The topological polar surface area (TPSA) is 66.5 Å². The van der Waals surface area contributed by atoms with Crippen molar-refractivity contribution in [1.29, 1.82) is 0 Å². The fraction of sp³-hybridized carbons (Fsp3) is 0.286. The summed E-state index contributed by atoms with van der Waals surface area (Å²) in [6, 6.07) is 15.2. The number of carbonyl (C=O) groups excluding carboxylic acids is 1. The molecule has 29 heavy (non-hydrogen) atoms. The van der Waals surface area contributed by atoms with E-state index in [0.29, 0.717) is 23.6 Å². The number of nitrogens with zero attached hydrogens (tertiary/aromatic N) is 1. The Hall–Kier alpha value is -2.00. The van der Waals surface area contributed by atoms with Gasteiger partial charge in [-0.3, -0.25) is 4.79 Å². The fourth-order valence-electron chi connectivity index (χ4n) is 3.53. The van der Waals surface area contributed by atoms with Crippen LogP contribution < -0.4 is 5.32 Å². The van der Waals surface area contributed by atoms with Crippen LogP contribution in [0.3, 0.4) is 0 Å². The summed E-state index contributed by atoms with van der Waals surface area (Å²) in [4.78, 5) is 15.0. The van der Waals surface area contributed by atoms with Crippen LogP contribution in [0.15, 0.2) is 58.1 Å². The number of amides is 1. The van der Waals surface area contributed by atoms with Crippen LogP contribution in [-0.2, 0) is 14.8 Å². The number of hydrogen-bond donors (Lipinski definition) is 1. The second-order valence-electron chi connectivity index (χ2n) is 7.08. The normalized spacial score (nSPS) is 17.9. The summed E-state index contributed by atoms with van der Waals surface area (Å²) in [5.74, 6) is -0.493. The standard InChI is InChI=1S/C21H22N2O3S3/c1-15-10-11-20(28-15)29(25,26)23-12-4-6-16(14-23)21(24)22-18-8-3-2-7-17(18)19-9-5-13-27-19/h2-3,5,7-11,13,16H,4,6,12,14H2,1H3,(H,22,24). The Balaban J connectivity index is 1.50. The third-order valence-corrected chi connectivity index (χ3v) is 9.27. The molecule has 1 unspecified atom stereocenters. The maximum absolute atomic E-state index is 13.0. The van der Waals surface area contributed by atoms with Gasteiger partial charge in [-0.25, -0.2) is 8.42 Å². The zero-order valence-corrected chi connectivity index (χ0v) is 18.4. The molecule has 1 N–H and O–H groups in total. The second-order valence-corrected chi connectivity index (χ2v) is 11.5. The molecule has 3 heterocycles. The third kappa shape index (κ3) is 4.30. The molecule has 0 bridgehead atoms. The van der Waals surface area contributed by atoms with Crippen LogP contribution in [-0.4, -0.2) is 31.7 Å². The van der Waals surface area contributed by atoms with Crippen LogP contribution in [0.2, 0.25) is 0 Å². The van der Waals surface area contributed by atoms with Gasteiger partial charge in [0.15, 0.2) is 0 Å². The molecule has 1 aromatic carbocycles. The van der Waals surface area contributed by atoms with Crippen LogP contribution in [0.25, 0.3) is 10.4 Å². The Morgan fingerprint density at radius 3 is 2.69 bits per heavy atom. The highest BCUT2D eigenvalue weighted by molar-refractivity contribution is 7.91. The van der Waals surface area contributed by atoms with E-state index in [4.69, 9.17) is 0 Å². The van der Waals surface area contributed by atoms with Gasteiger partial charge in [0.05, 0.1) is 5.92 Å². The zero-order chi connectivity index (χ0) is 20.4. The minimum atomic E-state index is -3.55. The molecule has 152 valence electrons. The summed E-state index contributed by atoms with van der Waals surface area (Å²) >= 11 is 2.89. The maximum Gasteiger partial charge on any atom is 0.252 e. The lowest BCUT2D eigenvalue weighted by Gasteiger charge is -2.31. The van der Waals surface area contributed by atoms with E-state index in [1.54, 1.807) is 17.4 Å². The van der Waals surface area contributed by atoms with Crippen molar-refractivity contribution in [3.63, 3.8) is 0 Å². The van der Waals surface area contributed by atoms with Crippen LogP contribution in [0.1, 0.15) is 17.7 Å². The van der Waals surface area contributed by atoms with E-state index in [1.165, 1.54) is 15.6 Å². The van der Waals surface area contributed by atoms with E-state index in [9.17, 15) is 13.2 Å². The highest BCUT2D eigenvalue weighted by Gasteiger charge is 2.34. The van der Waals surface area contributed by atoms with Gasteiger partial charge in [-0.15, -0.1) is 22.7 Å². The predicted octanol–water partition coefficient (Wildman–Crippen LogP) is 4.82. The lowest BCUT2D eigenvalue weighted by atomic mass is 9.98. The van der Waals surface area contributed by atoms with E-state index in [-0.39, 0.29) is 18.4 Å². The lowest BCUT2D eigenvalue weighted by Crippen LogP contribution is -2.43. The van der Waals surface area contributed by atoms with E-state index < -0.39 is 10.0 Å². The molecular formula is C21H22N2O3S3. The van der Waals surface area contributed by atoms with Crippen molar-refractivity contribution in [3.8, 4) is 10.4 Å². The highest BCUT2D eigenvalue weighted by Crippen LogP contribution is 2.33. The first kappa shape index (κ1) is 20.3. The first-order valence-electron chi connectivity index (χ1n) is 9.45. The van der Waals surface area contributed by atoms with Gasteiger partial charge in [0.2, 0.25) is 5.91 Å². The smallest absolute Gasteiger partial charge is 0.252 e. The van der Waals surface area contributed by atoms with Crippen molar-refractivity contribution in [2.45, 2.75) is 24.0 Å². The number of benzene rings is 1. The minimum absolute atomic E-state index is 0.128. The summed E-state index contributed by atoms with van der Waals surface area (Å²) in [5.41, 5.74) is 1.74. The average molecular weight is 447 g/mol. The Morgan fingerprint density at radius 1 is 1.14 bits per heavy atom. The van der Waals surface area contributed by atoms with Crippen LogP contribution in [0, 0.1) is 12.8 Å². The number of rotatable bonds is 5.